The van der Waals surface area contributed by atoms with E-state index in [9.17, 15) is 0 Å². The number of aromatic nitrogens is 2. The second-order valence-electron chi connectivity index (χ2n) is 4.43. The predicted molar refractivity (Wildman–Crippen MR) is 74.7 cm³/mol. The van der Waals surface area contributed by atoms with Crippen molar-refractivity contribution in [3.8, 4) is 0 Å². The summed E-state index contributed by atoms with van der Waals surface area (Å²) in [7, 11) is 0. The van der Waals surface area contributed by atoms with Gasteiger partial charge in [0, 0.05) is 22.8 Å². The fourth-order valence-electron chi connectivity index (χ4n) is 1.70. The Morgan fingerprint density at radius 1 is 1.22 bits per heavy atom. The van der Waals surface area contributed by atoms with Gasteiger partial charge in [0.2, 0.25) is 0 Å². The maximum absolute atomic E-state index is 5.77. The Labute approximate surface area is 112 Å². The highest BCUT2D eigenvalue weighted by atomic mass is 32.2. The minimum Gasteiger partial charge on any atom is -0.323 e. The first-order chi connectivity index (χ1) is 8.54. The van der Waals surface area contributed by atoms with E-state index in [0.717, 1.165) is 21.3 Å². The van der Waals surface area contributed by atoms with E-state index in [1.165, 1.54) is 5.56 Å². The van der Waals surface area contributed by atoms with E-state index in [4.69, 9.17) is 5.73 Å². The topological polar surface area (TPSA) is 51.8 Å². The van der Waals surface area contributed by atoms with Gasteiger partial charge in [0.15, 0.2) is 0 Å². The van der Waals surface area contributed by atoms with Crippen LogP contribution < -0.4 is 5.73 Å². The molecule has 0 radical (unpaired) electrons. The van der Waals surface area contributed by atoms with Gasteiger partial charge in [0.25, 0.3) is 0 Å². The first kappa shape index (κ1) is 13.1. The maximum atomic E-state index is 5.77. The first-order valence-electron chi connectivity index (χ1n) is 5.89. The smallest absolute Gasteiger partial charge is 0.101 e. The minimum atomic E-state index is -0.0246. The molecule has 2 heterocycles. The summed E-state index contributed by atoms with van der Waals surface area (Å²) in [5.74, 6) is 0. The standard InChI is InChI=1S/C14H17N3S/c1-9-6-10(2)17-14(7-9)18-12-4-5-13(11(3)15)16-8-12/h4-8,11H,15H2,1-3H3/t11-/m0/s1. The van der Waals surface area contributed by atoms with Crippen molar-refractivity contribution in [1.82, 2.24) is 9.97 Å². The van der Waals surface area contributed by atoms with Crippen molar-refractivity contribution < 1.29 is 0 Å². The maximum Gasteiger partial charge on any atom is 0.101 e. The molecule has 0 bridgehead atoms. The van der Waals surface area contributed by atoms with Gasteiger partial charge in [-0.2, -0.15) is 0 Å². The van der Waals surface area contributed by atoms with E-state index in [2.05, 4.69) is 29.0 Å². The van der Waals surface area contributed by atoms with Gasteiger partial charge in [-0.05, 0) is 50.6 Å². The summed E-state index contributed by atoms with van der Waals surface area (Å²) in [5, 5.41) is 1.00. The lowest BCUT2D eigenvalue weighted by molar-refractivity contribution is 0.777. The zero-order valence-electron chi connectivity index (χ0n) is 10.8. The van der Waals surface area contributed by atoms with Crippen LogP contribution in [0, 0.1) is 13.8 Å². The zero-order chi connectivity index (χ0) is 13.1. The molecule has 0 aliphatic rings. The van der Waals surface area contributed by atoms with Crippen LogP contribution >= 0.6 is 11.8 Å². The summed E-state index contributed by atoms with van der Waals surface area (Å²) in [6.07, 6.45) is 1.85. The number of hydrogen-bond donors (Lipinski definition) is 1. The van der Waals surface area contributed by atoms with Gasteiger partial charge < -0.3 is 5.73 Å². The molecule has 0 unspecified atom stereocenters. The average molecular weight is 259 g/mol. The van der Waals surface area contributed by atoms with Crippen molar-refractivity contribution in [2.75, 3.05) is 0 Å². The second-order valence-corrected chi connectivity index (χ2v) is 5.53. The molecule has 2 aromatic rings. The molecule has 0 aromatic carbocycles. The highest BCUT2D eigenvalue weighted by Gasteiger charge is 2.04. The van der Waals surface area contributed by atoms with Crippen molar-refractivity contribution in [3.05, 3.63) is 47.4 Å². The number of nitrogens with two attached hydrogens (primary N) is 1. The van der Waals surface area contributed by atoms with Gasteiger partial charge in [-0.25, -0.2) is 4.98 Å². The molecule has 2 rings (SSSR count). The van der Waals surface area contributed by atoms with E-state index in [-0.39, 0.29) is 6.04 Å². The number of aryl methyl sites for hydroxylation is 2. The molecular formula is C14H17N3S. The lowest BCUT2D eigenvalue weighted by Crippen LogP contribution is -2.06. The van der Waals surface area contributed by atoms with Gasteiger partial charge in [-0.1, -0.05) is 11.8 Å². The molecule has 0 amide bonds. The molecule has 0 fully saturated rings. The molecule has 1 atom stereocenters. The van der Waals surface area contributed by atoms with E-state index >= 15 is 0 Å². The number of nitrogens with zero attached hydrogens (tertiary/aromatic N) is 2. The second kappa shape index (κ2) is 5.50. The van der Waals surface area contributed by atoms with Gasteiger partial charge in [0.1, 0.15) is 5.03 Å². The van der Waals surface area contributed by atoms with E-state index in [1.54, 1.807) is 11.8 Å². The van der Waals surface area contributed by atoms with Crippen LogP contribution in [0.3, 0.4) is 0 Å². The van der Waals surface area contributed by atoms with E-state index in [1.807, 2.05) is 32.2 Å². The summed E-state index contributed by atoms with van der Waals surface area (Å²) in [4.78, 5) is 9.92. The van der Waals surface area contributed by atoms with Crippen LogP contribution in [0.5, 0.6) is 0 Å². The van der Waals surface area contributed by atoms with Crippen LogP contribution in [0.2, 0.25) is 0 Å². The van der Waals surface area contributed by atoms with Crippen molar-refractivity contribution >= 4 is 11.8 Å². The Balaban J connectivity index is 2.18. The summed E-state index contributed by atoms with van der Waals surface area (Å²) < 4.78 is 0. The highest BCUT2D eigenvalue weighted by molar-refractivity contribution is 7.99. The average Bonchev–Trinajstić information content (AvgIpc) is 2.28. The van der Waals surface area contributed by atoms with Gasteiger partial charge in [-0.15, -0.1) is 0 Å². The SMILES string of the molecule is Cc1cc(C)nc(Sc2ccc([C@H](C)N)nc2)c1. The molecule has 0 saturated heterocycles. The Hall–Kier alpha value is -1.39. The lowest BCUT2D eigenvalue weighted by Gasteiger charge is -2.06. The fraction of sp³-hybridized carbons (Fsp3) is 0.286. The van der Waals surface area contributed by atoms with Gasteiger partial charge in [0.05, 0.1) is 5.69 Å². The van der Waals surface area contributed by atoms with Crippen molar-refractivity contribution in [1.29, 1.82) is 0 Å². The Morgan fingerprint density at radius 3 is 2.56 bits per heavy atom. The third-order valence-electron chi connectivity index (χ3n) is 2.52. The summed E-state index contributed by atoms with van der Waals surface area (Å²) in [5.41, 5.74) is 8.95. The molecule has 2 N–H and O–H groups in total. The Kier molecular flexibility index (Phi) is 3.99. The normalized spacial score (nSPS) is 12.4. The molecule has 0 saturated carbocycles. The van der Waals surface area contributed by atoms with Crippen molar-refractivity contribution in [2.45, 2.75) is 36.7 Å². The summed E-state index contributed by atoms with van der Waals surface area (Å²) in [6, 6.07) is 8.13. The first-order valence-corrected chi connectivity index (χ1v) is 6.71. The van der Waals surface area contributed by atoms with E-state index in [0.29, 0.717) is 0 Å². The van der Waals surface area contributed by atoms with Crippen molar-refractivity contribution in [2.24, 2.45) is 5.73 Å². The van der Waals surface area contributed by atoms with E-state index < -0.39 is 0 Å². The number of hydrogen-bond acceptors (Lipinski definition) is 4. The molecule has 18 heavy (non-hydrogen) atoms. The molecule has 94 valence electrons. The highest BCUT2D eigenvalue weighted by Crippen LogP contribution is 2.26. The monoisotopic (exact) mass is 259 g/mol. The third-order valence-corrected chi connectivity index (χ3v) is 3.42. The molecule has 4 heteroatoms. The quantitative estimate of drug-likeness (QED) is 0.919. The van der Waals surface area contributed by atoms with Gasteiger partial charge >= 0.3 is 0 Å². The van der Waals surface area contributed by atoms with Crippen molar-refractivity contribution in [3.63, 3.8) is 0 Å². The van der Waals surface area contributed by atoms with Crippen LogP contribution in [-0.4, -0.2) is 9.97 Å². The molecule has 0 spiro atoms. The Bertz CT molecular complexity index is 515. The molecule has 0 aliphatic carbocycles. The fourth-order valence-corrected chi connectivity index (χ4v) is 2.62. The largest absolute Gasteiger partial charge is 0.323 e. The minimum absolute atomic E-state index is 0.0246. The summed E-state index contributed by atoms with van der Waals surface area (Å²) >= 11 is 1.62. The number of pyridine rings is 2. The predicted octanol–water partition coefficient (Wildman–Crippen LogP) is 3.26. The number of rotatable bonds is 3. The Morgan fingerprint density at radius 2 is 2.00 bits per heavy atom. The van der Waals surface area contributed by atoms with Crippen LogP contribution in [0.15, 0.2) is 40.4 Å². The lowest BCUT2D eigenvalue weighted by atomic mass is 10.2. The van der Waals surface area contributed by atoms with Crippen LogP contribution in [0.4, 0.5) is 0 Å². The molecular weight excluding hydrogens is 242 g/mol. The van der Waals surface area contributed by atoms with Crippen LogP contribution in [0.25, 0.3) is 0 Å². The van der Waals surface area contributed by atoms with Crippen LogP contribution in [-0.2, 0) is 0 Å². The molecule has 0 aliphatic heterocycles. The zero-order valence-corrected chi connectivity index (χ0v) is 11.7. The summed E-state index contributed by atoms with van der Waals surface area (Å²) in [6.45, 7) is 6.02. The van der Waals surface area contributed by atoms with Crippen LogP contribution in [0.1, 0.15) is 29.9 Å². The van der Waals surface area contributed by atoms with Gasteiger partial charge in [-0.3, -0.25) is 4.98 Å². The molecule has 3 nitrogen and oxygen atoms in total. The molecule has 2 aromatic heterocycles. The third kappa shape index (κ3) is 3.31.